The van der Waals surface area contributed by atoms with Gasteiger partial charge in [0.1, 0.15) is 17.6 Å². The fraction of sp³-hybridized carbons (Fsp3) is 0.368. The van der Waals surface area contributed by atoms with E-state index in [0.29, 0.717) is 25.6 Å². The molecule has 7 heteroatoms. The molecular weight excluding hydrogens is 343 g/mol. The Labute approximate surface area is 149 Å². The molecule has 0 amide bonds. The van der Waals surface area contributed by atoms with Crippen molar-refractivity contribution in [2.75, 3.05) is 18.5 Å². The summed E-state index contributed by atoms with van der Waals surface area (Å²) in [4.78, 5) is 3.66. The van der Waals surface area contributed by atoms with Crippen LogP contribution in [0, 0.1) is 17.2 Å². The maximum atomic E-state index is 13.0. The lowest BCUT2D eigenvalue weighted by atomic mass is 9.94. The smallest absolute Gasteiger partial charge is 0.381 e. The molecule has 2 aromatic rings. The predicted octanol–water partition coefficient (Wildman–Crippen LogP) is 4.55. The second-order valence-electron chi connectivity index (χ2n) is 6.28. The van der Waals surface area contributed by atoms with Crippen molar-refractivity contribution >= 4 is 5.82 Å². The van der Waals surface area contributed by atoms with Crippen LogP contribution in [0.3, 0.4) is 0 Å². The summed E-state index contributed by atoms with van der Waals surface area (Å²) in [6, 6.07) is 13.1. The summed E-state index contributed by atoms with van der Waals surface area (Å²) >= 11 is 0. The first kappa shape index (κ1) is 18.2. The third-order valence-corrected chi connectivity index (χ3v) is 4.41. The Bertz CT molecular complexity index is 781. The van der Waals surface area contributed by atoms with Gasteiger partial charge in [-0.05, 0) is 36.5 Å². The summed E-state index contributed by atoms with van der Waals surface area (Å²) in [7, 11) is 0. The van der Waals surface area contributed by atoms with Crippen molar-refractivity contribution in [3.05, 3.63) is 59.3 Å². The molecule has 1 N–H and O–H groups in total. The zero-order valence-electron chi connectivity index (χ0n) is 14.0. The average Bonchev–Trinajstić information content (AvgIpc) is 3.14. The number of nitrogens with zero attached hydrogens (tertiary/aromatic N) is 2. The molecule has 1 aliphatic heterocycles. The molecule has 1 aliphatic rings. The van der Waals surface area contributed by atoms with Crippen molar-refractivity contribution < 1.29 is 17.9 Å². The molecule has 2 heterocycles. The number of nitriles is 1. The molecule has 0 saturated carbocycles. The number of aromatic nitrogens is 1. The van der Waals surface area contributed by atoms with E-state index in [4.69, 9.17) is 4.74 Å². The number of halogens is 3. The fourth-order valence-corrected chi connectivity index (χ4v) is 3.05. The van der Waals surface area contributed by atoms with E-state index in [1.807, 2.05) is 36.4 Å². The third kappa shape index (κ3) is 4.33. The van der Waals surface area contributed by atoms with Gasteiger partial charge < -0.3 is 10.1 Å². The van der Waals surface area contributed by atoms with E-state index in [2.05, 4.69) is 10.3 Å². The van der Waals surface area contributed by atoms with E-state index in [9.17, 15) is 18.4 Å². The number of ether oxygens (including phenoxy) is 1. The molecule has 2 unspecified atom stereocenters. The van der Waals surface area contributed by atoms with Crippen LogP contribution < -0.4 is 5.32 Å². The van der Waals surface area contributed by atoms with Gasteiger partial charge in [-0.1, -0.05) is 30.3 Å². The van der Waals surface area contributed by atoms with Crippen LogP contribution in [0.5, 0.6) is 0 Å². The van der Waals surface area contributed by atoms with Crippen molar-refractivity contribution in [2.45, 2.75) is 25.1 Å². The van der Waals surface area contributed by atoms with E-state index < -0.39 is 11.9 Å². The van der Waals surface area contributed by atoms with Crippen molar-refractivity contribution in [2.24, 2.45) is 5.92 Å². The van der Waals surface area contributed by atoms with Crippen LogP contribution in [-0.4, -0.2) is 18.2 Å². The van der Waals surface area contributed by atoms with Gasteiger partial charge in [0.05, 0.1) is 11.6 Å². The Hall–Kier alpha value is -2.59. The number of hydrogen-bond donors (Lipinski definition) is 1. The van der Waals surface area contributed by atoms with E-state index in [-0.39, 0.29) is 17.4 Å². The second kappa shape index (κ2) is 7.75. The standard InChI is InChI=1S/C19H18F3N3O/c20-19(21,22)17-7-6-15(11-23)18(25-17)24-16(10-13-8-9-26-12-13)14-4-2-1-3-5-14/h1-7,13,16H,8-10,12H2,(H,24,25). The van der Waals surface area contributed by atoms with E-state index in [1.165, 1.54) is 0 Å². The maximum Gasteiger partial charge on any atom is 0.433 e. The highest BCUT2D eigenvalue weighted by molar-refractivity contribution is 5.54. The fourth-order valence-electron chi connectivity index (χ4n) is 3.05. The molecule has 1 saturated heterocycles. The molecule has 2 atom stereocenters. The maximum absolute atomic E-state index is 13.0. The molecular formula is C19H18F3N3O. The largest absolute Gasteiger partial charge is 0.433 e. The Kier molecular flexibility index (Phi) is 5.43. The zero-order valence-corrected chi connectivity index (χ0v) is 14.0. The molecule has 1 fully saturated rings. The van der Waals surface area contributed by atoms with Gasteiger partial charge in [-0.15, -0.1) is 0 Å². The number of nitrogens with one attached hydrogen (secondary N) is 1. The van der Waals surface area contributed by atoms with Gasteiger partial charge in [0.25, 0.3) is 0 Å². The summed E-state index contributed by atoms with van der Waals surface area (Å²) in [6.07, 6.45) is -2.97. The lowest BCUT2D eigenvalue weighted by Gasteiger charge is -2.23. The predicted molar refractivity (Wildman–Crippen MR) is 90.3 cm³/mol. The number of rotatable bonds is 5. The molecule has 0 spiro atoms. The Morgan fingerprint density at radius 2 is 2.00 bits per heavy atom. The molecule has 1 aromatic heterocycles. The first-order chi connectivity index (χ1) is 12.5. The van der Waals surface area contributed by atoms with Crippen LogP contribution >= 0.6 is 0 Å². The highest BCUT2D eigenvalue weighted by atomic mass is 19.4. The summed E-state index contributed by atoms with van der Waals surface area (Å²) in [5.74, 6) is 0.263. The van der Waals surface area contributed by atoms with Crippen LogP contribution in [0.4, 0.5) is 19.0 Å². The molecule has 3 rings (SSSR count). The van der Waals surface area contributed by atoms with Gasteiger partial charge in [0.2, 0.25) is 0 Å². The van der Waals surface area contributed by atoms with Crippen LogP contribution in [0.15, 0.2) is 42.5 Å². The first-order valence-electron chi connectivity index (χ1n) is 8.35. The number of benzene rings is 1. The Morgan fingerprint density at radius 3 is 2.62 bits per heavy atom. The quantitative estimate of drug-likeness (QED) is 0.849. The zero-order chi connectivity index (χ0) is 18.6. The summed E-state index contributed by atoms with van der Waals surface area (Å²) in [6.45, 7) is 1.32. The van der Waals surface area contributed by atoms with Crippen molar-refractivity contribution in [3.63, 3.8) is 0 Å². The number of pyridine rings is 1. The SMILES string of the molecule is N#Cc1ccc(C(F)(F)F)nc1NC(CC1CCOC1)c1ccccc1. The lowest BCUT2D eigenvalue weighted by Crippen LogP contribution is -2.18. The van der Waals surface area contributed by atoms with E-state index in [0.717, 1.165) is 24.1 Å². The summed E-state index contributed by atoms with van der Waals surface area (Å²) < 4.78 is 44.4. The van der Waals surface area contributed by atoms with Crippen LogP contribution in [0.1, 0.15) is 35.7 Å². The normalized spacial score (nSPS) is 18.3. The molecule has 26 heavy (non-hydrogen) atoms. The summed E-state index contributed by atoms with van der Waals surface area (Å²) in [5.41, 5.74) is -0.000819. The van der Waals surface area contributed by atoms with Crippen LogP contribution in [0.25, 0.3) is 0 Å². The molecule has 136 valence electrons. The van der Waals surface area contributed by atoms with E-state index in [1.54, 1.807) is 0 Å². The van der Waals surface area contributed by atoms with Gasteiger partial charge in [0.15, 0.2) is 0 Å². The van der Waals surface area contributed by atoms with Gasteiger partial charge >= 0.3 is 6.18 Å². The molecule has 0 aliphatic carbocycles. The minimum Gasteiger partial charge on any atom is -0.381 e. The number of anilines is 1. The monoisotopic (exact) mass is 361 g/mol. The highest BCUT2D eigenvalue weighted by Gasteiger charge is 2.33. The van der Waals surface area contributed by atoms with Gasteiger partial charge in [-0.2, -0.15) is 18.4 Å². The minimum atomic E-state index is -4.56. The average molecular weight is 361 g/mol. The minimum absolute atomic E-state index is 0.0462. The highest BCUT2D eigenvalue weighted by Crippen LogP contribution is 2.33. The summed E-state index contributed by atoms with van der Waals surface area (Å²) in [5, 5.41) is 12.3. The number of hydrogen-bond acceptors (Lipinski definition) is 4. The lowest BCUT2D eigenvalue weighted by molar-refractivity contribution is -0.141. The van der Waals surface area contributed by atoms with E-state index >= 15 is 0 Å². The molecule has 0 radical (unpaired) electrons. The van der Waals surface area contributed by atoms with Gasteiger partial charge in [0, 0.05) is 13.2 Å². The first-order valence-corrected chi connectivity index (χ1v) is 8.35. The number of alkyl halides is 3. The molecule has 0 bridgehead atoms. The molecule has 4 nitrogen and oxygen atoms in total. The van der Waals surface area contributed by atoms with Gasteiger partial charge in [-0.25, -0.2) is 4.98 Å². The van der Waals surface area contributed by atoms with Crippen molar-refractivity contribution in [3.8, 4) is 6.07 Å². The topological polar surface area (TPSA) is 57.9 Å². The third-order valence-electron chi connectivity index (χ3n) is 4.41. The van der Waals surface area contributed by atoms with Crippen LogP contribution in [-0.2, 0) is 10.9 Å². The Balaban J connectivity index is 1.91. The van der Waals surface area contributed by atoms with Crippen molar-refractivity contribution in [1.29, 1.82) is 5.26 Å². The van der Waals surface area contributed by atoms with Gasteiger partial charge in [-0.3, -0.25) is 0 Å². The second-order valence-corrected chi connectivity index (χ2v) is 6.28. The Morgan fingerprint density at radius 1 is 1.23 bits per heavy atom. The molecule has 1 aromatic carbocycles. The van der Waals surface area contributed by atoms with Crippen molar-refractivity contribution in [1.82, 2.24) is 4.98 Å². The van der Waals surface area contributed by atoms with Crippen LogP contribution in [0.2, 0.25) is 0 Å².